The Morgan fingerprint density at radius 3 is 2.09 bits per heavy atom. The molecule has 0 bridgehead atoms. The first-order valence-corrected chi connectivity index (χ1v) is 11.0. The molecule has 9 heteroatoms. The van der Waals surface area contributed by atoms with Crippen molar-refractivity contribution >= 4 is 52.6 Å². The summed E-state index contributed by atoms with van der Waals surface area (Å²) in [6.45, 7) is -0.618. The van der Waals surface area contributed by atoms with Gasteiger partial charge in [0, 0.05) is 12.1 Å². The molecule has 1 aliphatic heterocycles. The summed E-state index contributed by atoms with van der Waals surface area (Å²) in [5, 5.41) is 3.13. The Morgan fingerprint density at radius 1 is 0.853 bits per heavy atom. The van der Waals surface area contributed by atoms with Crippen molar-refractivity contribution in [1.29, 1.82) is 0 Å². The molecule has 172 valence electrons. The number of imide groups is 1. The number of hydrogen-bond donors (Lipinski definition) is 1. The van der Waals surface area contributed by atoms with E-state index in [-0.39, 0.29) is 22.6 Å². The molecule has 3 amide bonds. The van der Waals surface area contributed by atoms with Gasteiger partial charge in [0.2, 0.25) is 0 Å². The van der Waals surface area contributed by atoms with Crippen LogP contribution in [0.2, 0.25) is 10.0 Å². The maximum atomic E-state index is 13.0. The van der Waals surface area contributed by atoms with Gasteiger partial charge in [0.25, 0.3) is 17.7 Å². The quantitative estimate of drug-likeness (QED) is 0.386. The zero-order valence-corrected chi connectivity index (χ0v) is 19.2. The molecule has 4 rings (SSSR count). The minimum absolute atomic E-state index is 0.0412. The Balaban J connectivity index is 1.50. The normalized spacial score (nSPS) is 13.4. The van der Waals surface area contributed by atoms with E-state index in [2.05, 4.69) is 5.32 Å². The lowest BCUT2D eigenvalue weighted by Crippen LogP contribution is -2.47. The molecule has 0 spiro atoms. The second kappa shape index (κ2) is 10.1. The van der Waals surface area contributed by atoms with E-state index in [0.717, 1.165) is 10.5 Å². The molecule has 34 heavy (non-hydrogen) atoms. The van der Waals surface area contributed by atoms with Crippen molar-refractivity contribution in [3.8, 4) is 0 Å². The molecule has 3 aromatic carbocycles. The lowest BCUT2D eigenvalue weighted by atomic mass is 10.0. The van der Waals surface area contributed by atoms with E-state index in [0.29, 0.717) is 10.7 Å². The second-order valence-corrected chi connectivity index (χ2v) is 8.33. The van der Waals surface area contributed by atoms with Crippen molar-refractivity contribution < 1.29 is 23.9 Å². The number of rotatable bonds is 7. The molecule has 0 saturated carbocycles. The summed E-state index contributed by atoms with van der Waals surface area (Å²) in [5.41, 5.74) is 1.53. The number of carbonyl (C=O) groups excluding carboxylic acids is 4. The fourth-order valence-corrected chi connectivity index (χ4v) is 3.91. The van der Waals surface area contributed by atoms with Gasteiger partial charge in [-0.1, -0.05) is 65.7 Å². The van der Waals surface area contributed by atoms with Gasteiger partial charge >= 0.3 is 5.97 Å². The van der Waals surface area contributed by atoms with Gasteiger partial charge in [0.05, 0.1) is 21.2 Å². The Bertz CT molecular complexity index is 1240. The molecule has 0 radical (unpaired) electrons. The minimum atomic E-state index is -1.24. The fourth-order valence-electron chi connectivity index (χ4n) is 3.61. The first-order valence-electron chi connectivity index (χ1n) is 10.3. The van der Waals surface area contributed by atoms with E-state index in [1.165, 1.54) is 24.3 Å². The predicted molar refractivity (Wildman–Crippen MR) is 127 cm³/mol. The SMILES string of the molecule is O=C(COC(=O)[C@H](Cc1ccccc1)N1C(=O)c2ccccc2C1=O)Nc1ccc(Cl)c(Cl)c1. The van der Waals surface area contributed by atoms with E-state index in [9.17, 15) is 19.2 Å². The number of fused-ring (bicyclic) bond motifs is 1. The van der Waals surface area contributed by atoms with Crippen molar-refractivity contribution in [2.45, 2.75) is 12.5 Å². The van der Waals surface area contributed by atoms with Crippen molar-refractivity contribution in [2.75, 3.05) is 11.9 Å². The standard InChI is InChI=1S/C25H18Cl2N2O5/c26-19-11-10-16(13-20(19)27)28-22(30)14-34-25(33)21(12-15-6-2-1-3-7-15)29-23(31)17-8-4-5-9-18(17)24(29)32/h1-11,13,21H,12,14H2,(H,28,30)/t21-/m0/s1. The number of benzene rings is 3. The molecule has 1 N–H and O–H groups in total. The topological polar surface area (TPSA) is 92.8 Å². The van der Waals surface area contributed by atoms with Crippen LogP contribution in [0.4, 0.5) is 5.69 Å². The first kappa shape index (κ1) is 23.5. The number of amides is 3. The van der Waals surface area contributed by atoms with Crippen molar-refractivity contribution in [3.63, 3.8) is 0 Å². The molecule has 0 saturated heterocycles. The number of nitrogens with zero attached hydrogens (tertiary/aromatic N) is 1. The smallest absolute Gasteiger partial charge is 0.330 e. The van der Waals surface area contributed by atoms with Gasteiger partial charge in [0.1, 0.15) is 6.04 Å². The number of carbonyl (C=O) groups is 4. The van der Waals surface area contributed by atoms with Crippen molar-refractivity contribution in [1.82, 2.24) is 4.90 Å². The van der Waals surface area contributed by atoms with E-state index in [4.69, 9.17) is 27.9 Å². The number of halogens is 2. The third-order valence-corrected chi connectivity index (χ3v) is 5.97. The van der Waals surface area contributed by atoms with Crippen LogP contribution < -0.4 is 5.32 Å². The van der Waals surface area contributed by atoms with Crippen LogP contribution in [0, 0.1) is 0 Å². The minimum Gasteiger partial charge on any atom is -0.454 e. The second-order valence-electron chi connectivity index (χ2n) is 7.52. The van der Waals surface area contributed by atoms with E-state index >= 15 is 0 Å². The van der Waals surface area contributed by atoms with Gasteiger partial charge < -0.3 is 10.1 Å². The van der Waals surface area contributed by atoms with Crippen molar-refractivity contribution in [2.24, 2.45) is 0 Å². The molecule has 0 aliphatic carbocycles. The fraction of sp³-hybridized carbons (Fsp3) is 0.120. The maximum Gasteiger partial charge on any atom is 0.330 e. The molecule has 1 aliphatic rings. The molecule has 0 unspecified atom stereocenters. The number of nitrogens with one attached hydrogen (secondary N) is 1. The van der Waals surface area contributed by atoms with E-state index in [1.807, 2.05) is 6.07 Å². The van der Waals surface area contributed by atoms with Gasteiger partial charge in [0.15, 0.2) is 6.61 Å². The Hall–Kier alpha value is -3.68. The molecule has 1 atom stereocenters. The molecule has 3 aromatic rings. The molecule has 1 heterocycles. The van der Waals surface area contributed by atoms with Crippen LogP contribution in [0.15, 0.2) is 72.8 Å². The third kappa shape index (κ3) is 4.95. The molecule has 0 aromatic heterocycles. The molecule has 0 fully saturated rings. The summed E-state index contributed by atoms with van der Waals surface area (Å²) in [6.07, 6.45) is 0.0412. The van der Waals surface area contributed by atoms with Crippen LogP contribution in [0.25, 0.3) is 0 Å². The van der Waals surface area contributed by atoms with Gasteiger partial charge in [-0.3, -0.25) is 19.3 Å². The summed E-state index contributed by atoms with van der Waals surface area (Å²) in [7, 11) is 0. The zero-order chi connectivity index (χ0) is 24.2. The van der Waals surface area contributed by atoms with E-state index < -0.39 is 36.3 Å². The summed E-state index contributed by atoms with van der Waals surface area (Å²) >= 11 is 11.8. The Kier molecular flexibility index (Phi) is 6.95. The average molecular weight is 497 g/mol. The number of hydrogen-bond acceptors (Lipinski definition) is 5. The predicted octanol–water partition coefficient (Wildman–Crippen LogP) is 4.38. The molecule has 7 nitrogen and oxygen atoms in total. The Morgan fingerprint density at radius 2 is 1.47 bits per heavy atom. The maximum absolute atomic E-state index is 13.0. The van der Waals surface area contributed by atoms with Crippen LogP contribution >= 0.6 is 23.2 Å². The van der Waals surface area contributed by atoms with Gasteiger partial charge in [-0.05, 0) is 35.9 Å². The van der Waals surface area contributed by atoms with Crippen LogP contribution in [0.3, 0.4) is 0 Å². The number of esters is 1. The Labute approximate surface area is 205 Å². The first-order chi connectivity index (χ1) is 16.3. The lowest BCUT2D eigenvalue weighted by molar-refractivity contribution is -0.151. The number of anilines is 1. The average Bonchev–Trinajstić information content (AvgIpc) is 3.09. The van der Waals surface area contributed by atoms with Crippen molar-refractivity contribution in [3.05, 3.63) is 99.5 Å². The van der Waals surface area contributed by atoms with E-state index in [1.54, 1.807) is 42.5 Å². The molecular weight excluding hydrogens is 479 g/mol. The van der Waals surface area contributed by atoms with Gasteiger partial charge in [-0.25, -0.2) is 4.79 Å². The monoisotopic (exact) mass is 496 g/mol. The highest BCUT2D eigenvalue weighted by atomic mass is 35.5. The van der Waals surface area contributed by atoms with Gasteiger partial charge in [-0.2, -0.15) is 0 Å². The highest BCUT2D eigenvalue weighted by Crippen LogP contribution is 2.27. The highest BCUT2D eigenvalue weighted by Gasteiger charge is 2.43. The summed E-state index contributed by atoms with van der Waals surface area (Å²) in [5.74, 6) is -2.66. The summed E-state index contributed by atoms with van der Waals surface area (Å²) in [4.78, 5) is 52.2. The molecular formula is C25H18Cl2N2O5. The highest BCUT2D eigenvalue weighted by molar-refractivity contribution is 6.42. The van der Waals surface area contributed by atoms with Crippen LogP contribution in [0.1, 0.15) is 26.3 Å². The van der Waals surface area contributed by atoms with Crippen LogP contribution in [0.5, 0.6) is 0 Å². The number of ether oxygens (including phenoxy) is 1. The van der Waals surface area contributed by atoms with Gasteiger partial charge in [-0.15, -0.1) is 0 Å². The van der Waals surface area contributed by atoms with Crippen LogP contribution in [-0.4, -0.2) is 41.2 Å². The third-order valence-electron chi connectivity index (χ3n) is 5.23. The summed E-state index contributed by atoms with van der Waals surface area (Å²) in [6, 6.07) is 18.6. The largest absolute Gasteiger partial charge is 0.454 e. The lowest BCUT2D eigenvalue weighted by Gasteiger charge is -2.24. The summed E-state index contributed by atoms with van der Waals surface area (Å²) < 4.78 is 5.22. The van der Waals surface area contributed by atoms with Crippen LogP contribution in [-0.2, 0) is 20.7 Å². The zero-order valence-electron chi connectivity index (χ0n) is 17.7.